The van der Waals surface area contributed by atoms with Gasteiger partial charge < -0.3 is 9.88 Å². The van der Waals surface area contributed by atoms with Crippen LogP contribution in [0.3, 0.4) is 0 Å². The van der Waals surface area contributed by atoms with Crippen molar-refractivity contribution >= 4 is 55.0 Å². The van der Waals surface area contributed by atoms with Crippen LogP contribution in [0.15, 0.2) is 192 Å². The number of amidine groups is 2. The molecule has 1 N–H and O–H groups in total. The van der Waals surface area contributed by atoms with Gasteiger partial charge in [-0.15, -0.1) is 0 Å². The Morgan fingerprint density at radius 2 is 0.961 bits per heavy atom. The molecule has 2 heterocycles. The van der Waals surface area contributed by atoms with Crippen LogP contribution >= 0.6 is 0 Å². The molecule has 0 radical (unpaired) electrons. The maximum absolute atomic E-state index is 5.26. The quantitative estimate of drug-likeness (QED) is 0.197. The van der Waals surface area contributed by atoms with Crippen molar-refractivity contribution in [3.05, 3.63) is 199 Å². The summed E-state index contributed by atoms with van der Waals surface area (Å²) < 4.78 is 2.39. The predicted octanol–water partition coefficient (Wildman–Crippen LogP) is 11.3. The minimum atomic E-state index is -0.443. The molecule has 0 saturated heterocycles. The first-order valence-corrected chi connectivity index (χ1v) is 17.4. The lowest BCUT2D eigenvalue weighted by Gasteiger charge is -2.24. The highest BCUT2D eigenvalue weighted by Gasteiger charge is 2.24. The van der Waals surface area contributed by atoms with E-state index in [1.165, 1.54) is 43.4 Å². The zero-order chi connectivity index (χ0) is 33.7. The molecule has 51 heavy (non-hydrogen) atoms. The summed E-state index contributed by atoms with van der Waals surface area (Å²) in [6, 6.07) is 64.5. The van der Waals surface area contributed by atoms with Crippen LogP contribution in [0.1, 0.15) is 22.9 Å². The molecule has 0 bridgehead atoms. The van der Waals surface area contributed by atoms with Crippen LogP contribution in [-0.4, -0.2) is 16.2 Å². The number of benzene rings is 8. The van der Waals surface area contributed by atoms with Gasteiger partial charge in [-0.2, -0.15) is 0 Å². The topological polar surface area (TPSA) is 41.7 Å². The summed E-state index contributed by atoms with van der Waals surface area (Å²) in [5.41, 5.74) is 8.91. The molecule has 4 nitrogen and oxygen atoms in total. The Morgan fingerprint density at radius 1 is 0.412 bits per heavy atom. The number of rotatable bonds is 5. The number of aromatic nitrogens is 1. The molecule has 1 aliphatic heterocycles. The van der Waals surface area contributed by atoms with E-state index < -0.39 is 6.17 Å². The number of nitrogens with one attached hydrogen (secondary N) is 1. The first-order valence-electron chi connectivity index (χ1n) is 17.4. The molecule has 0 unspecified atom stereocenters. The second kappa shape index (κ2) is 12.0. The summed E-state index contributed by atoms with van der Waals surface area (Å²) >= 11 is 0. The van der Waals surface area contributed by atoms with Gasteiger partial charge in [0.15, 0.2) is 6.17 Å². The summed E-state index contributed by atoms with van der Waals surface area (Å²) in [5.74, 6) is 1.62. The average molecular weight is 653 g/mol. The van der Waals surface area contributed by atoms with Crippen molar-refractivity contribution in [3.63, 3.8) is 0 Å². The van der Waals surface area contributed by atoms with Gasteiger partial charge in [-0.3, -0.25) is 0 Å². The molecule has 4 heteroatoms. The lowest BCUT2D eigenvalue weighted by Crippen LogP contribution is -2.36. The van der Waals surface area contributed by atoms with Crippen molar-refractivity contribution in [3.8, 4) is 16.8 Å². The Kier molecular flexibility index (Phi) is 6.85. The smallest absolute Gasteiger partial charge is 0.170 e. The molecule has 0 fully saturated rings. The second-order valence-corrected chi connectivity index (χ2v) is 13.0. The van der Waals surface area contributed by atoms with E-state index in [4.69, 9.17) is 9.98 Å². The Labute approximate surface area is 295 Å². The van der Waals surface area contributed by atoms with Crippen molar-refractivity contribution in [2.45, 2.75) is 6.17 Å². The molecule has 0 saturated carbocycles. The highest BCUT2D eigenvalue weighted by molar-refractivity contribution is 6.21. The molecule has 0 spiro atoms. The lowest BCUT2D eigenvalue weighted by molar-refractivity contribution is 0.758. The van der Waals surface area contributed by atoms with Crippen molar-refractivity contribution in [1.82, 2.24) is 9.88 Å². The van der Waals surface area contributed by atoms with Crippen LogP contribution in [0.2, 0.25) is 0 Å². The normalized spacial score (nSPS) is 13.4. The van der Waals surface area contributed by atoms with Gasteiger partial charge >= 0.3 is 0 Å². The monoisotopic (exact) mass is 652 g/mol. The Morgan fingerprint density at radius 3 is 1.65 bits per heavy atom. The van der Waals surface area contributed by atoms with Crippen LogP contribution in [0, 0.1) is 0 Å². The van der Waals surface area contributed by atoms with Gasteiger partial charge in [0, 0.05) is 33.2 Å². The minimum Gasteiger partial charge on any atom is -0.324 e. The minimum absolute atomic E-state index is 0.443. The van der Waals surface area contributed by atoms with E-state index in [2.05, 4.69) is 155 Å². The zero-order valence-corrected chi connectivity index (χ0v) is 27.7. The molecule has 1 aromatic heterocycles. The number of fused-ring (bicyclic) bond motifs is 6. The van der Waals surface area contributed by atoms with Crippen LogP contribution in [0.5, 0.6) is 0 Å². The summed E-state index contributed by atoms with van der Waals surface area (Å²) in [6.07, 6.45) is -0.443. The number of para-hydroxylation sites is 1. The molecule has 240 valence electrons. The van der Waals surface area contributed by atoms with E-state index in [1.807, 2.05) is 36.4 Å². The molecular weight excluding hydrogens is 621 g/mol. The standard InChI is InChI=1S/C47H32N4/c1-3-15-34(16-4-1)45-48-46(35-17-5-2-6-18-35)50-47(49-45)40-29-25-31-13-7-9-19-37(31)43(40)33-23-27-36(28-24-33)51-41-22-12-11-21-39(41)44-38-20-10-8-14-32(38)26-30-42(44)51/h1-30,47H,(H,48,49,50). The van der Waals surface area contributed by atoms with E-state index in [0.717, 1.165) is 45.2 Å². The zero-order valence-electron chi connectivity index (χ0n) is 27.7. The van der Waals surface area contributed by atoms with E-state index in [9.17, 15) is 0 Å². The number of nitrogens with zero attached hydrogens (tertiary/aromatic N) is 3. The number of hydrogen-bond acceptors (Lipinski definition) is 3. The van der Waals surface area contributed by atoms with Gasteiger partial charge in [0.2, 0.25) is 0 Å². The average Bonchev–Trinajstić information content (AvgIpc) is 3.56. The molecule has 0 atom stereocenters. The van der Waals surface area contributed by atoms with E-state index in [0.29, 0.717) is 0 Å². The number of hydrogen-bond donors (Lipinski definition) is 1. The fourth-order valence-electron chi connectivity index (χ4n) is 7.69. The van der Waals surface area contributed by atoms with Gasteiger partial charge in [-0.1, -0.05) is 158 Å². The summed E-state index contributed by atoms with van der Waals surface area (Å²) in [5, 5.41) is 11.0. The van der Waals surface area contributed by atoms with E-state index >= 15 is 0 Å². The molecule has 8 aromatic carbocycles. The van der Waals surface area contributed by atoms with Gasteiger partial charge in [-0.05, 0) is 56.9 Å². The fraction of sp³-hybridized carbons (Fsp3) is 0.0213. The van der Waals surface area contributed by atoms with Crippen molar-refractivity contribution < 1.29 is 0 Å². The largest absolute Gasteiger partial charge is 0.324 e. The molecule has 10 rings (SSSR count). The third kappa shape index (κ3) is 4.92. The summed E-state index contributed by atoms with van der Waals surface area (Å²) in [7, 11) is 0. The first-order chi connectivity index (χ1) is 25.3. The predicted molar refractivity (Wildman–Crippen MR) is 213 cm³/mol. The number of aliphatic imine (C=N–C) groups is 2. The maximum atomic E-state index is 5.26. The molecule has 9 aromatic rings. The molecule has 0 amide bonds. The van der Waals surface area contributed by atoms with Crippen LogP contribution in [-0.2, 0) is 0 Å². The van der Waals surface area contributed by atoms with Gasteiger partial charge in [0.05, 0.1) is 11.0 Å². The van der Waals surface area contributed by atoms with Gasteiger partial charge in [0.25, 0.3) is 0 Å². The Bertz CT molecular complexity index is 2760. The van der Waals surface area contributed by atoms with E-state index in [-0.39, 0.29) is 0 Å². The lowest BCUT2D eigenvalue weighted by atomic mass is 9.91. The summed E-state index contributed by atoms with van der Waals surface area (Å²) in [4.78, 5) is 10.5. The highest BCUT2D eigenvalue weighted by atomic mass is 15.2. The van der Waals surface area contributed by atoms with Crippen LogP contribution < -0.4 is 5.32 Å². The maximum Gasteiger partial charge on any atom is 0.170 e. The third-order valence-corrected chi connectivity index (χ3v) is 10.0. The second-order valence-electron chi connectivity index (χ2n) is 13.0. The molecule has 1 aliphatic rings. The van der Waals surface area contributed by atoms with Crippen molar-refractivity contribution in [2.75, 3.05) is 0 Å². The van der Waals surface area contributed by atoms with Crippen molar-refractivity contribution in [1.29, 1.82) is 0 Å². The van der Waals surface area contributed by atoms with Crippen LogP contribution in [0.4, 0.5) is 0 Å². The first kappa shape index (κ1) is 29.2. The van der Waals surface area contributed by atoms with Crippen LogP contribution in [0.25, 0.3) is 60.2 Å². The molecular formula is C47H32N4. The Balaban J connectivity index is 1.15. The molecule has 0 aliphatic carbocycles. The van der Waals surface area contributed by atoms with Gasteiger partial charge in [0.1, 0.15) is 11.7 Å². The van der Waals surface area contributed by atoms with Crippen molar-refractivity contribution in [2.24, 2.45) is 9.98 Å². The Hall–Kier alpha value is -6.78. The fourth-order valence-corrected chi connectivity index (χ4v) is 7.69. The van der Waals surface area contributed by atoms with Gasteiger partial charge in [-0.25, -0.2) is 9.98 Å². The summed E-state index contributed by atoms with van der Waals surface area (Å²) in [6.45, 7) is 0. The third-order valence-electron chi connectivity index (χ3n) is 10.0. The van der Waals surface area contributed by atoms with E-state index in [1.54, 1.807) is 0 Å². The SMILES string of the molecule is c1ccc(C2=NC(c3ccc4ccccc4c3-c3ccc(-n4c5ccccc5c5c6ccccc6ccc54)cc3)N=C(c3ccccc3)N2)cc1. The highest BCUT2D eigenvalue weighted by Crippen LogP contribution is 2.40.